The molecule has 0 unspecified atom stereocenters. The molecule has 7 heteroatoms. The number of hydrogen-bond donors (Lipinski definition) is 2. The van der Waals surface area contributed by atoms with E-state index in [0.29, 0.717) is 18.4 Å². The van der Waals surface area contributed by atoms with E-state index in [1.54, 1.807) is 17.0 Å². The summed E-state index contributed by atoms with van der Waals surface area (Å²) in [7, 11) is 0. The minimum Gasteiger partial charge on any atom is -0.317 e. The minimum absolute atomic E-state index is 0.0349. The van der Waals surface area contributed by atoms with Crippen molar-refractivity contribution in [2.24, 2.45) is 0 Å². The molecule has 26 heavy (non-hydrogen) atoms. The number of nitrogens with one attached hydrogen (secondary N) is 2. The number of amides is 2. The average molecular weight is 357 g/mol. The Morgan fingerprint density at radius 2 is 1.88 bits per heavy atom. The first-order valence-electron chi connectivity index (χ1n) is 9.46. The van der Waals surface area contributed by atoms with Gasteiger partial charge in [-0.2, -0.15) is 4.98 Å². The van der Waals surface area contributed by atoms with Crippen LogP contribution in [0.25, 0.3) is 0 Å². The third kappa shape index (κ3) is 3.57. The van der Waals surface area contributed by atoms with E-state index in [4.69, 9.17) is 0 Å². The number of rotatable bonds is 3. The van der Waals surface area contributed by atoms with Gasteiger partial charge in [-0.25, -0.2) is 9.18 Å². The van der Waals surface area contributed by atoms with Crippen molar-refractivity contribution < 1.29 is 9.18 Å². The summed E-state index contributed by atoms with van der Waals surface area (Å²) < 4.78 is 13.2. The summed E-state index contributed by atoms with van der Waals surface area (Å²) in [4.78, 5) is 19.0. The van der Waals surface area contributed by atoms with Crippen LogP contribution in [0.2, 0.25) is 0 Å². The maximum absolute atomic E-state index is 13.2. The van der Waals surface area contributed by atoms with Crippen LogP contribution >= 0.6 is 0 Å². The van der Waals surface area contributed by atoms with Crippen LogP contribution in [0, 0.1) is 5.82 Å². The number of aromatic nitrogens is 3. The van der Waals surface area contributed by atoms with Gasteiger partial charge in [-0.05, 0) is 43.4 Å². The number of carbonyl (C=O) groups is 1. The third-order valence-corrected chi connectivity index (χ3v) is 5.48. The number of benzene rings is 1. The zero-order valence-corrected chi connectivity index (χ0v) is 14.7. The first-order chi connectivity index (χ1) is 12.7. The van der Waals surface area contributed by atoms with Gasteiger partial charge in [0.15, 0.2) is 0 Å². The molecule has 1 aliphatic heterocycles. The molecular weight excluding hydrogens is 333 g/mol. The lowest BCUT2D eigenvalue weighted by molar-refractivity contribution is 0.207. The topological polar surface area (TPSA) is 73.9 Å². The normalized spacial score (nSPS) is 21.1. The highest BCUT2D eigenvalue weighted by Gasteiger charge is 2.30. The van der Waals surface area contributed by atoms with E-state index in [-0.39, 0.29) is 17.9 Å². The largest absolute Gasteiger partial charge is 0.324 e. The Kier molecular flexibility index (Phi) is 4.86. The van der Waals surface area contributed by atoms with Crippen LogP contribution in [0.3, 0.4) is 0 Å². The number of likely N-dealkylation sites (tertiary alicyclic amines) is 1. The van der Waals surface area contributed by atoms with E-state index in [1.165, 1.54) is 31.4 Å². The first kappa shape index (κ1) is 17.0. The molecule has 0 bridgehead atoms. The Bertz CT molecular complexity index is 754. The molecule has 138 valence electrons. The number of H-pyrrole nitrogens is 1. The number of anilines is 1. The molecule has 0 spiro atoms. The van der Waals surface area contributed by atoms with Gasteiger partial charge in [0, 0.05) is 12.5 Å². The lowest BCUT2D eigenvalue weighted by Crippen LogP contribution is -2.34. The summed E-state index contributed by atoms with van der Waals surface area (Å²) >= 11 is 0. The molecule has 2 N–H and O–H groups in total. The lowest BCUT2D eigenvalue weighted by Gasteiger charge is -2.24. The summed E-state index contributed by atoms with van der Waals surface area (Å²) in [5.74, 6) is 1.36. The Morgan fingerprint density at radius 1 is 1.12 bits per heavy atom. The number of urea groups is 1. The molecule has 2 amide bonds. The van der Waals surface area contributed by atoms with Gasteiger partial charge < -0.3 is 4.90 Å². The third-order valence-electron chi connectivity index (χ3n) is 5.48. The van der Waals surface area contributed by atoms with Crippen LogP contribution in [0.15, 0.2) is 24.3 Å². The summed E-state index contributed by atoms with van der Waals surface area (Å²) in [5.41, 5.74) is 0.955. The van der Waals surface area contributed by atoms with Gasteiger partial charge in [-0.3, -0.25) is 10.4 Å². The van der Waals surface area contributed by atoms with Crippen LogP contribution in [0.4, 0.5) is 15.1 Å². The zero-order chi connectivity index (χ0) is 17.9. The molecule has 2 heterocycles. The average Bonchev–Trinajstić information content (AvgIpc) is 3.33. The van der Waals surface area contributed by atoms with E-state index in [0.717, 1.165) is 37.1 Å². The molecule has 2 fully saturated rings. The fourth-order valence-electron chi connectivity index (χ4n) is 4.10. The first-order valence-corrected chi connectivity index (χ1v) is 9.46. The second kappa shape index (κ2) is 7.43. The van der Waals surface area contributed by atoms with Crippen molar-refractivity contribution in [3.63, 3.8) is 0 Å². The molecule has 1 aliphatic carbocycles. The zero-order valence-electron chi connectivity index (χ0n) is 14.7. The number of halogens is 1. The maximum atomic E-state index is 13.2. The summed E-state index contributed by atoms with van der Waals surface area (Å²) in [5, 5.41) is 9.97. The van der Waals surface area contributed by atoms with Gasteiger partial charge in [0.1, 0.15) is 11.6 Å². The van der Waals surface area contributed by atoms with Crippen molar-refractivity contribution in [3.05, 3.63) is 41.5 Å². The Labute approximate surface area is 152 Å². The van der Waals surface area contributed by atoms with Crippen LogP contribution in [0.1, 0.15) is 68.3 Å². The number of hydrogen-bond acceptors (Lipinski definition) is 3. The van der Waals surface area contributed by atoms with E-state index in [9.17, 15) is 9.18 Å². The number of carbonyl (C=O) groups excluding carboxylic acids is 1. The summed E-state index contributed by atoms with van der Waals surface area (Å²) in [6.45, 7) is 0.674. The Hall–Kier alpha value is -2.44. The molecule has 2 aromatic rings. The molecule has 1 aromatic heterocycles. The lowest BCUT2D eigenvalue weighted by atomic mass is 9.89. The van der Waals surface area contributed by atoms with Crippen molar-refractivity contribution in [2.75, 3.05) is 11.9 Å². The fourth-order valence-corrected chi connectivity index (χ4v) is 4.10. The standard InChI is InChI=1S/C19H24FN5O/c20-15-10-8-13(9-11-15)16-7-4-12-25(16)19(26)22-18-21-17(23-24-18)14-5-2-1-3-6-14/h8-11,14,16H,1-7,12H2,(H2,21,22,23,24,26)/t16-/m1/s1. The predicted molar refractivity (Wildman–Crippen MR) is 96.3 cm³/mol. The monoisotopic (exact) mass is 357 g/mol. The van der Waals surface area contributed by atoms with Crippen LogP contribution < -0.4 is 5.32 Å². The van der Waals surface area contributed by atoms with Gasteiger partial charge in [0.25, 0.3) is 0 Å². The van der Waals surface area contributed by atoms with E-state index < -0.39 is 0 Å². The fraction of sp³-hybridized carbons (Fsp3) is 0.526. The van der Waals surface area contributed by atoms with E-state index in [1.807, 2.05) is 0 Å². The van der Waals surface area contributed by atoms with E-state index >= 15 is 0 Å². The smallest absolute Gasteiger partial charge is 0.317 e. The SMILES string of the molecule is O=C(Nc1n[nH]c(C2CCCCC2)n1)N1CCC[C@@H]1c1ccc(F)cc1. The molecule has 0 radical (unpaired) electrons. The van der Waals surface area contributed by atoms with Gasteiger partial charge in [0.05, 0.1) is 6.04 Å². The molecule has 2 aliphatic rings. The molecular formula is C19H24FN5O. The van der Waals surface area contributed by atoms with Crippen LogP contribution in [-0.4, -0.2) is 32.7 Å². The highest BCUT2D eigenvalue weighted by molar-refractivity contribution is 5.88. The van der Waals surface area contributed by atoms with Crippen LogP contribution in [0.5, 0.6) is 0 Å². The Morgan fingerprint density at radius 3 is 2.65 bits per heavy atom. The van der Waals surface area contributed by atoms with Gasteiger partial charge in [-0.15, -0.1) is 5.10 Å². The Balaban J connectivity index is 1.42. The molecule has 1 aromatic carbocycles. The van der Waals surface area contributed by atoms with Gasteiger partial charge >= 0.3 is 6.03 Å². The van der Waals surface area contributed by atoms with E-state index in [2.05, 4.69) is 20.5 Å². The molecule has 1 atom stereocenters. The predicted octanol–water partition coefficient (Wildman–Crippen LogP) is 4.36. The molecule has 6 nitrogen and oxygen atoms in total. The summed E-state index contributed by atoms with van der Waals surface area (Å²) in [6, 6.07) is 6.14. The molecule has 4 rings (SSSR count). The molecule has 1 saturated heterocycles. The van der Waals surface area contributed by atoms with Crippen molar-refractivity contribution in [2.45, 2.75) is 56.9 Å². The quantitative estimate of drug-likeness (QED) is 0.857. The minimum atomic E-state index is -0.265. The summed E-state index contributed by atoms with van der Waals surface area (Å²) in [6.07, 6.45) is 7.79. The highest BCUT2D eigenvalue weighted by atomic mass is 19.1. The van der Waals surface area contributed by atoms with Crippen molar-refractivity contribution in [1.29, 1.82) is 0 Å². The highest BCUT2D eigenvalue weighted by Crippen LogP contribution is 2.33. The number of nitrogens with zero attached hydrogens (tertiary/aromatic N) is 3. The van der Waals surface area contributed by atoms with Crippen molar-refractivity contribution in [1.82, 2.24) is 20.1 Å². The van der Waals surface area contributed by atoms with Crippen molar-refractivity contribution >= 4 is 12.0 Å². The number of aromatic amines is 1. The second-order valence-electron chi connectivity index (χ2n) is 7.21. The maximum Gasteiger partial charge on any atom is 0.324 e. The van der Waals surface area contributed by atoms with Gasteiger partial charge in [-0.1, -0.05) is 31.4 Å². The molecule has 1 saturated carbocycles. The van der Waals surface area contributed by atoms with Crippen molar-refractivity contribution in [3.8, 4) is 0 Å². The second-order valence-corrected chi connectivity index (χ2v) is 7.21. The van der Waals surface area contributed by atoms with Gasteiger partial charge in [0.2, 0.25) is 5.95 Å². The van der Waals surface area contributed by atoms with Crippen LogP contribution in [-0.2, 0) is 0 Å².